The van der Waals surface area contributed by atoms with E-state index in [9.17, 15) is 14.3 Å². The van der Waals surface area contributed by atoms with E-state index < -0.39 is 5.82 Å². The zero-order chi connectivity index (χ0) is 13.6. The smallest absolute Gasteiger partial charge is 0.255 e. The monoisotopic (exact) mass is 283 g/mol. The van der Waals surface area contributed by atoms with Crippen LogP contribution in [-0.2, 0) is 0 Å². The molecule has 1 aliphatic carbocycles. The Bertz CT molecular complexity index is 522. The molecule has 3 rings (SSSR count). The second-order valence-corrected chi connectivity index (χ2v) is 5.81. The molecule has 0 bridgehead atoms. The minimum atomic E-state index is -0.449. The van der Waals surface area contributed by atoms with Crippen molar-refractivity contribution in [1.29, 1.82) is 0 Å². The van der Waals surface area contributed by atoms with Gasteiger partial charge in [0.05, 0.1) is 16.7 Å². The molecule has 2 aliphatic rings. The maximum absolute atomic E-state index is 13.0. The number of hydrogen-bond donors (Lipinski definition) is 1. The van der Waals surface area contributed by atoms with Gasteiger partial charge in [0, 0.05) is 19.0 Å². The van der Waals surface area contributed by atoms with E-state index in [1.54, 1.807) is 4.90 Å². The minimum Gasteiger partial charge on any atom is -0.393 e. The number of benzene rings is 1. The van der Waals surface area contributed by atoms with E-state index in [1.807, 2.05) is 0 Å². The summed E-state index contributed by atoms with van der Waals surface area (Å²) in [7, 11) is 0. The van der Waals surface area contributed by atoms with Crippen molar-refractivity contribution in [2.45, 2.75) is 18.9 Å². The minimum absolute atomic E-state index is 0.141. The third-order valence-electron chi connectivity index (χ3n) is 4.27. The largest absolute Gasteiger partial charge is 0.393 e. The van der Waals surface area contributed by atoms with Crippen LogP contribution < -0.4 is 0 Å². The highest BCUT2D eigenvalue weighted by atomic mass is 35.5. The summed E-state index contributed by atoms with van der Waals surface area (Å²) in [5.74, 6) is -0.0526. The molecular weight excluding hydrogens is 269 g/mol. The molecule has 1 N–H and O–H groups in total. The molecule has 0 radical (unpaired) electrons. The van der Waals surface area contributed by atoms with Gasteiger partial charge in [-0.1, -0.05) is 11.6 Å². The number of nitrogens with zero attached hydrogens (tertiary/aromatic N) is 1. The molecular formula is C14H15ClFNO2. The number of halogens is 2. The van der Waals surface area contributed by atoms with E-state index in [0.29, 0.717) is 24.6 Å². The highest BCUT2D eigenvalue weighted by molar-refractivity contribution is 6.33. The van der Waals surface area contributed by atoms with Crippen LogP contribution in [0.4, 0.5) is 4.39 Å². The summed E-state index contributed by atoms with van der Waals surface area (Å²) in [6.45, 7) is 1.23. The number of hydrogen-bond acceptors (Lipinski definition) is 2. The lowest BCUT2D eigenvalue weighted by atomic mass is 10.00. The van der Waals surface area contributed by atoms with Crippen LogP contribution in [0.25, 0.3) is 0 Å². The third-order valence-corrected chi connectivity index (χ3v) is 4.58. The van der Waals surface area contributed by atoms with Gasteiger partial charge >= 0.3 is 0 Å². The molecule has 1 saturated carbocycles. The van der Waals surface area contributed by atoms with Crippen LogP contribution in [0, 0.1) is 17.7 Å². The zero-order valence-corrected chi connectivity index (χ0v) is 11.1. The normalized spacial score (nSPS) is 29.6. The summed E-state index contributed by atoms with van der Waals surface area (Å²) in [6, 6.07) is 3.82. The molecule has 1 heterocycles. The molecule has 3 nitrogen and oxygen atoms in total. The molecule has 19 heavy (non-hydrogen) atoms. The predicted octanol–water partition coefficient (Wildman–Crippen LogP) is 2.32. The molecule has 3 unspecified atom stereocenters. The quantitative estimate of drug-likeness (QED) is 0.859. The SMILES string of the molecule is O=C(c1ccc(F)cc1Cl)N1CC2CCC(O)C2C1. The van der Waals surface area contributed by atoms with Gasteiger partial charge in [0.15, 0.2) is 0 Å². The second-order valence-electron chi connectivity index (χ2n) is 5.40. The molecule has 5 heteroatoms. The fraction of sp³-hybridized carbons (Fsp3) is 0.500. The number of carbonyl (C=O) groups excluding carboxylic acids is 1. The van der Waals surface area contributed by atoms with Crippen molar-refractivity contribution in [2.24, 2.45) is 11.8 Å². The van der Waals surface area contributed by atoms with Crippen molar-refractivity contribution in [3.63, 3.8) is 0 Å². The Kier molecular flexibility index (Phi) is 3.23. The molecule has 1 aliphatic heterocycles. The number of likely N-dealkylation sites (tertiary alicyclic amines) is 1. The van der Waals surface area contributed by atoms with Crippen LogP contribution in [0.1, 0.15) is 23.2 Å². The highest BCUT2D eigenvalue weighted by Crippen LogP contribution is 2.38. The van der Waals surface area contributed by atoms with Crippen molar-refractivity contribution in [1.82, 2.24) is 4.90 Å². The Balaban J connectivity index is 1.78. The Hall–Kier alpha value is -1.13. The fourth-order valence-corrected chi connectivity index (χ4v) is 3.48. The van der Waals surface area contributed by atoms with Crippen LogP contribution in [0.5, 0.6) is 0 Å². The first-order valence-electron chi connectivity index (χ1n) is 6.48. The van der Waals surface area contributed by atoms with E-state index in [4.69, 9.17) is 11.6 Å². The summed E-state index contributed by atoms with van der Waals surface area (Å²) in [5, 5.41) is 9.99. The molecule has 3 atom stereocenters. The van der Waals surface area contributed by atoms with Gasteiger partial charge in [0.25, 0.3) is 5.91 Å². The summed E-state index contributed by atoms with van der Waals surface area (Å²) in [6.07, 6.45) is 1.49. The van der Waals surface area contributed by atoms with Gasteiger partial charge in [-0.25, -0.2) is 4.39 Å². The van der Waals surface area contributed by atoms with Crippen LogP contribution in [-0.4, -0.2) is 35.1 Å². The van der Waals surface area contributed by atoms with Crippen molar-refractivity contribution < 1.29 is 14.3 Å². The summed E-state index contributed by atoms with van der Waals surface area (Å²) in [4.78, 5) is 14.1. The fourth-order valence-electron chi connectivity index (χ4n) is 3.24. The average Bonchev–Trinajstić information content (AvgIpc) is 2.91. The Morgan fingerprint density at radius 2 is 2.16 bits per heavy atom. The molecule has 0 spiro atoms. The molecule has 1 aromatic rings. The Labute approximate surface area is 116 Å². The van der Waals surface area contributed by atoms with Crippen LogP contribution in [0.15, 0.2) is 18.2 Å². The van der Waals surface area contributed by atoms with E-state index >= 15 is 0 Å². The molecule has 0 aromatic heterocycles. The number of rotatable bonds is 1. The summed E-state index contributed by atoms with van der Waals surface area (Å²) >= 11 is 5.92. The molecule has 1 aromatic carbocycles. The topological polar surface area (TPSA) is 40.5 Å². The van der Waals surface area contributed by atoms with E-state index in [1.165, 1.54) is 12.1 Å². The van der Waals surface area contributed by atoms with Crippen LogP contribution >= 0.6 is 11.6 Å². The maximum atomic E-state index is 13.0. The molecule has 1 saturated heterocycles. The zero-order valence-electron chi connectivity index (χ0n) is 10.4. The van der Waals surface area contributed by atoms with Gasteiger partial charge in [0.2, 0.25) is 0 Å². The van der Waals surface area contributed by atoms with Crippen molar-refractivity contribution in [2.75, 3.05) is 13.1 Å². The first-order valence-corrected chi connectivity index (χ1v) is 6.86. The third kappa shape index (κ3) is 2.23. The van der Waals surface area contributed by atoms with Gasteiger partial charge in [-0.05, 0) is 37.0 Å². The number of aliphatic hydroxyl groups excluding tert-OH is 1. The van der Waals surface area contributed by atoms with Gasteiger partial charge in [-0.2, -0.15) is 0 Å². The number of amides is 1. The van der Waals surface area contributed by atoms with Crippen LogP contribution in [0.2, 0.25) is 5.02 Å². The Morgan fingerprint density at radius 3 is 2.84 bits per heavy atom. The van der Waals surface area contributed by atoms with E-state index in [2.05, 4.69) is 0 Å². The van der Waals surface area contributed by atoms with E-state index in [0.717, 1.165) is 18.9 Å². The molecule has 102 valence electrons. The lowest BCUT2D eigenvalue weighted by Gasteiger charge is -2.19. The first-order chi connectivity index (χ1) is 9.06. The lowest BCUT2D eigenvalue weighted by Crippen LogP contribution is -2.31. The maximum Gasteiger partial charge on any atom is 0.255 e. The molecule has 1 amide bonds. The number of aliphatic hydroxyl groups is 1. The lowest BCUT2D eigenvalue weighted by molar-refractivity contribution is 0.0752. The van der Waals surface area contributed by atoms with E-state index in [-0.39, 0.29) is 23.0 Å². The second kappa shape index (κ2) is 4.76. The number of carbonyl (C=O) groups is 1. The summed E-state index contributed by atoms with van der Waals surface area (Å²) < 4.78 is 13.0. The summed E-state index contributed by atoms with van der Waals surface area (Å²) in [5.41, 5.74) is 0.331. The average molecular weight is 284 g/mol. The standard InChI is InChI=1S/C14H15ClFNO2/c15-12-5-9(16)2-3-10(12)14(19)17-6-8-1-4-13(18)11(8)7-17/h2-3,5,8,11,13,18H,1,4,6-7H2. The van der Waals surface area contributed by atoms with Gasteiger partial charge in [-0.15, -0.1) is 0 Å². The molecule has 2 fully saturated rings. The number of fused-ring (bicyclic) bond motifs is 1. The van der Waals surface area contributed by atoms with Gasteiger partial charge in [-0.3, -0.25) is 4.79 Å². The highest BCUT2D eigenvalue weighted by Gasteiger charge is 2.43. The van der Waals surface area contributed by atoms with Crippen molar-refractivity contribution in [3.8, 4) is 0 Å². The first kappa shape index (κ1) is 12.9. The Morgan fingerprint density at radius 1 is 1.37 bits per heavy atom. The van der Waals surface area contributed by atoms with Crippen molar-refractivity contribution in [3.05, 3.63) is 34.6 Å². The van der Waals surface area contributed by atoms with Gasteiger partial charge in [0.1, 0.15) is 5.82 Å². The predicted molar refractivity (Wildman–Crippen MR) is 69.5 cm³/mol. The van der Waals surface area contributed by atoms with Crippen molar-refractivity contribution >= 4 is 17.5 Å². The van der Waals surface area contributed by atoms with Crippen LogP contribution in [0.3, 0.4) is 0 Å². The van der Waals surface area contributed by atoms with Gasteiger partial charge < -0.3 is 10.0 Å².